The minimum atomic E-state index is -0.498. The Labute approximate surface area is 153 Å². The van der Waals surface area contributed by atoms with Crippen LogP contribution in [0.4, 0.5) is 15.9 Å². The van der Waals surface area contributed by atoms with E-state index in [2.05, 4.69) is 20.6 Å². The summed E-state index contributed by atoms with van der Waals surface area (Å²) < 4.78 is 14.8. The molecular formula is C16H14ClFN4O2Se. The van der Waals surface area contributed by atoms with E-state index >= 15 is 0 Å². The molecule has 3 N–H and O–H groups in total. The molecule has 1 aromatic carbocycles. The van der Waals surface area contributed by atoms with Gasteiger partial charge in [0.2, 0.25) is 0 Å². The predicted molar refractivity (Wildman–Crippen MR) is 95.3 cm³/mol. The number of nitrogens with zero attached hydrogens (tertiary/aromatic N) is 2. The van der Waals surface area contributed by atoms with E-state index in [0.717, 1.165) is 15.3 Å². The Hall–Kier alpha value is -1.99. The molecule has 0 aliphatic heterocycles. The van der Waals surface area contributed by atoms with E-state index in [1.807, 2.05) is 6.92 Å². The number of hydrogen-bond acceptors (Lipinski definition) is 5. The molecule has 25 heavy (non-hydrogen) atoms. The molecule has 0 fully saturated rings. The van der Waals surface area contributed by atoms with Gasteiger partial charge in [-0.1, -0.05) is 0 Å². The van der Waals surface area contributed by atoms with Gasteiger partial charge in [0.25, 0.3) is 0 Å². The van der Waals surface area contributed by atoms with Crippen molar-refractivity contribution in [2.24, 2.45) is 0 Å². The summed E-state index contributed by atoms with van der Waals surface area (Å²) >= 11 is 5.56. The zero-order chi connectivity index (χ0) is 18.0. The Morgan fingerprint density at radius 1 is 1.40 bits per heavy atom. The molecule has 0 atom stereocenters. The number of aryl methyl sites for hydroxylation is 1. The molecule has 0 aliphatic rings. The summed E-state index contributed by atoms with van der Waals surface area (Å²) in [6.07, 6.45) is 1.43. The van der Waals surface area contributed by atoms with Gasteiger partial charge in [-0.25, -0.2) is 0 Å². The van der Waals surface area contributed by atoms with E-state index in [0.29, 0.717) is 15.9 Å². The Kier molecular flexibility index (Phi) is 5.34. The molecule has 0 aliphatic carbocycles. The molecule has 0 bridgehead atoms. The van der Waals surface area contributed by atoms with E-state index in [1.165, 1.54) is 18.5 Å². The average Bonchev–Trinajstić information content (AvgIpc) is 2.94. The van der Waals surface area contributed by atoms with E-state index < -0.39 is 5.82 Å². The van der Waals surface area contributed by atoms with Crippen LogP contribution in [0.15, 0.2) is 24.5 Å². The Balaban J connectivity index is 2.00. The molecular weight excluding hydrogens is 414 g/mol. The summed E-state index contributed by atoms with van der Waals surface area (Å²) in [5.41, 5.74) is 1.38. The van der Waals surface area contributed by atoms with Gasteiger partial charge in [0, 0.05) is 0 Å². The van der Waals surface area contributed by atoms with E-state index in [-0.39, 0.29) is 38.6 Å². The van der Waals surface area contributed by atoms with Crippen LogP contribution in [-0.4, -0.2) is 48.6 Å². The van der Waals surface area contributed by atoms with Crippen molar-refractivity contribution in [1.29, 1.82) is 0 Å². The number of aliphatic hydroxyl groups excluding tert-OH is 1. The van der Waals surface area contributed by atoms with Crippen molar-refractivity contribution in [3.63, 3.8) is 0 Å². The minimum absolute atomic E-state index is 0.0104. The van der Waals surface area contributed by atoms with Gasteiger partial charge in [-0.3, -0.25) is 0 Å². The van der Waals surface area contributed by atoms with Gasteiger partial charge in [0.05, 0.1) is 0 Å². The second-order valence-corrected chi connectivity index (χ2v) is 7.70. The summed E-state index contributed by atoms with van der Waals surface area (Å²) in [6, 6.07) is 4.30. The second-order valence-electron chi connectivity index (χ2n) is 5.19. The van der Waals surface area contributed by atoms with Gasteiger partial charge in [-0.05, 0) is 0 Å². The van der Waals surface area contributed by atoms with Gasteiger partial charge in [0.1, 0.15) is 0 Å². The van der Waals surface area contributed by atoms with E-state index in [1.54, 1.807) is 6.07 Å². The number of carbonyl (C=O) groups is 1. The molecule has 3 aromatic rings. The van der Waals surface area contributed by atoms with Crippen molar-refractivity contribution in [3.05, 3.63) is 45.4 Å². The summed E-state index contributed by atoms with van der Waals surface area (Å²) in [4.78, 5) is 20.8. The molecule has 0 saturated carbocycles. The maximum absolute atomic E-state index is 13.3. The Morgan fingerprint density at radius 2 is 2.20 bits per heavy atom. The average molecular weight is 428 g/mol. The third-order valence-corrected chi connectivity index (χ3v) is 6.32. The van der Waals surface area contributed by atoms with Crippen molar-refractivity contribution in [3.8, 4) is 0 Å². The second kappa shape index (κ2) is 7.49. The third kappa shape index (κ3) is 3.67. The first kappa shape index (κ1) is 17.8. The Morgan fingerprint density at radius 3 is 2.92 bits per heavy atom. The standard InChI is InChI=1S/C16H14ClFN4O2Se/c1-8-12-14(22-9-2-3-11(18)10(17)6-9)20-7-21-16(12)25-13(8)15(24)19-4-5-23/h2-3,6-7,23H,4-5H2,1H3,(H,19,24)(H,20,21,22). The van der Waals surface area contributed by atoms with Crippen LogP contribution in [0.3, 0.4) is 0 Å². The van der Waals surface area contributed by atoms with Gasteiger partial charge in [0.15, 0.2) is 0 Å². The van der Waals surface area contributed by atoms with Crippen molar-refractivity contribution < 1.29 is 14.3 Å². The first-order chi connectivity index (χ1) is 12.0. The fourth-order valence-electron chi connectivity index (χ4n) is 2.34. The molecule has 0 spiro atoms. The molecule has 3 rings (SSSR count). The first-order valence-electron chi connectivity index (χ1n) is 7.36. The summed E-state index contributed by atoms with van der Waals surface area (Å²) in [7, 11) is 0. The van der Waals surface area contributed by atoms with Crippen molar-refractivity contribution >= 4 is 53.3 Å². The van der Waals surface area contributed by atoms with Crippen molar-refractivity contribution in [2.75, 3.05) is 18.5 Å². The molecule has 9 heteroatoms. The monoisotopic (exact) mass is 428 g/mol. The topological polar surface area (TPSA) is 87.1 Å². The van der Waals surface area contributed by atoms with Gasteiger partial charge in [-0.2, -0.15) is 0 Å². The number of carbonyl (C=O) groups excluding carboxylic acids is 1. The maximum atomic E-state index is 13.3. The number of anilines is 2. The SMILES string of the molecule is Cc1c(C(=O)NCCO)[se]c2ncnc(Nc3ccc(F)c(Cl)c3)c12. The van der Waals surface area contributed by atoms with Crippen LogP contribution in [0.25, 0.3) is 9.78 Å². The normalized spacial score (nSPS) is 10.9. The van der Waals surface area contributed by atoms with Crippen molar-refractivity contribution in [1.82, 2.24) is 15.3 Å². The number of hydrogen-bond donors (Lipinski definition) is 3. The first-order valence-corrected chi connectivity index (χ1v) is 9.45. The number of aliphatic hydroxyl groups is 1. The van der Waals surface area contributed by atoms with Crippen molar-refractivity contribution in [2.45, 2.75) is 6.92 Å². The Bertz CT molecular complexity index is 947. The number of amides is 1. The number of benzene rings is 1. The fraction of sp³-hybridized carbons (Fsp3) is 0.188. The quantitative estimate of drug-likeness (QED) is 0.544. The number of nitrogens with one attached hydrogen (secondary N) is 2. The molecule has 6 nitrogen and oxygen atoms in total. The van der Waals surface area contributed by atoms with Gasteiger partial charge >= 0.3 is 154 Å². The van der Waals surface area contributed by atoms with Gasteiger partial charge in [-0.15, -0.1) is 0 Å². The molecule has 0 unspecified atom stereocenters. The molecule has 0 saturated heterocycles. The predicted octanol–water partition coefficient (Wildman–Crippen LogP) is 2.25. The van der Waals surface area contributed by atoms with Crippen LogP contribution >= 0.6 is 11.6 Å². The molecule has 130 valence electrons. The van der Waals surface area contributed by atoms with Crippen LogP contribution in [-0.2, 0) is 0 Å². The fourth-order valence-corrected chi connectivity index (χ4v) is 4.76. The molecule has 2 heterocycles. The van der Waals surface area contributed by atoms with E-state index in [9.17, 15) is 9.18 Å². The zero-order valence-electron chi connectivity index (χ0n) is 13.1. The van der Waals surface area contributed by atoms with E-state index in [4.69, 9.17) is 16.7 Å². The van der Waals surface area contributed by atoms with Crippen LogP contribution < -0.4 is 10.6 Å². The number of halogens is 2. The molecule has 2 aromatic heterocycles. The van der Waals surface area contributed by atoms with Crippen LogP contribution in [0.1, 0.15) is 14.8 Å². The molecule has 0 radical (unpaired) electrons. The zero-order valence-corrected chi connectivity index (χ0v) is 15.6. The third-order valence-electron chi connectivity index (χ3n) is 3.51. The summed E-state index contributed by atoms with van der Waals surface area (Å²) in [5.74, 6) is -0.167. The van der Waals surface area contributed by atoms with Crippen LogP contribution in [0.2, 0.25) is 5.02 Å². The van der Waals surface area contributed by atoms with Gasteiger partial charge < -0.3 is 0 Å². The number of rotatable bonds is 5. The van der Waals surface area contributed by atoms with Crippen LogP contribution in [0.5, 0.6) is 0 Å². The number of aromatic nitrogens is 2. The summed E-state index contributed by atoms with van der Waals surface area (Å²) in [6.45, 7) is 1.93. The summed E-state index contributed by atoms with van der Waals surface area (Å²) in [5, 5.41) is 15.4. The van der Waals surface area contributed by atoms with Crippen LogP contribution in [0, 0.1) is 12.7 Å². The number of fused-ring (bicyclic) bond motifs is 1. The molecule has 1 amide bonds.